The van der Waals surface area contributed by atoms with Crippen LogP contribution >= 0.6 is 0 Å². The van der Waals surface area contributed by atoms with Gasteiger partial charge in [-0.1, -0.05) is 12.1 Å². The van der Waals surface area contributed by atoms with Crippen molar-refractivity contribution in [3.05, 3.63) is 59.2 Å². The lowest BCUT2D eigenvalue weighted by atomic mass is 9.96. The topological polar surface area (TPSA) is 69.7 Å². The van der Waals surface area contributed by atoms with Crippen LogP contribution in [0.15, 0.2) is 41.3 Å². The number of alkyl halides is 3. The predicted molar refractivity (Wildman–Crippen MR) is 90.4 cm³/mol. The summed E-state index contributed by atoms with van der Waals surface area (Å²) in [5.41, 5.74) is -0.951. The fourth-order valence-corrected chi connectivity index (χ4v) is 3.53. The van der Waals surface area contributed by atoms with Gasteiger partial charge in [-0.05, 0) is 29.8 Å². The number of carbonyl (C=O) groups excluding carboxylic acids is 1. The van der Waals surface area contributed by atoms with E-state index in [-0.39, 0.29) is 16.7 Å². The van der Waals surface area contributed by atoms with E-state index in [1.54, 1.807) is 0 Å². The molecule has 0 bridgehead atoms. The molecule has 0 N–H and O–H groups in total. The molecule has 0 aromatic heterocycles. The van der Waals surface area contributed by atoms with Crippen LogP contribution < -0.4 is 4.74 Å². The Morgan fingerprint density at radius 2 is 1.76 bits per heavy atom. The largest absolute Gasteiger partial charge is 0.573 e. The fourth-order valence-electron chi connectivity index (χ4n) is 2.80. The molecule has 0 fully saturated rings. The van der Waals surface area contributed by atoms with Crippen molar-refractivity contribution >= 4 is 27.0 Å². The molecule has 29 heavy (non-hydrogen) atoms. The highest BCUT2D eigenvalue weighted by atomic mass is 32.2. The van der Waals surface area contributed by atoms with Gasteiger partial charge in [0, 0.05) is 17.4 Å². The molecule has 0 saturated heterocycles. The number of halogens is 5. The molecule has 5 nitrogen and oxygen atoms in total. The first kappa shape index (κ1) is 20.8. The standard InChI is InChI=1S/C18H11F5O5S/c1-29(25,26)15-7-13(19)11(6-14(15)20)12-8-27-17(24)16(12)9-3-2-4-10(5-9)28-18(21,22)23/h2-7H,8H2,1H3. The second-order valence-electron chi connectivity index (χ2n) is 6.04. The number of hydrogen-bond acceptors (Lipinski definition) is 5. The third-order valence-corrected chi connectivity index (χ3v) is 5.07. The van der Waals surface area contributed by atoms with E-state index < -0.39 is 56.6 Å². The zero-order valence-corrected chi connectivity index (χ0v) is 15.3. The molecule has 154 valence electrons. The lowest BCUT2D eigenvalue weighted by Crippen LogP contribution is -2.17. The molecule has 0 spiro atoms. The molecule has 1 aliphatic heterocycles. The molecule has 3 rings (SSSR count). The van der Waals surface area contributed by atoms with E-state index in [1.165, 1.54) is 12.1 Å². The molecule has 0 radical (unpaired) electrons. The van der Waals surface area contributed by atoms with Gasteiger partial charge in [0.25, 0.3) is 0 Å². The van der Waals surface area contributed by atoms with E-state index in [0.717, 1.165) is 12.1 Å². The molecule has 0 atom stereocenters. The van der Waals surface area contributed by atoms with Gasteiger partial charge in [-0.25, -0.2) is 22.0 Å². The van der Waals surface area contributed by atoms with Crippen molar-refractivity contribution in [2.24, 2.45) is 0 Å². The molecule has 0 amide bonds. The number of ether oxygens (including phenoxy) is 2. The molecule has 2 aromatic rings. The van der Waals surface area contributed by atoms with Gasteiger partial charge in [-0.2, -0.15) is 0 Å². The molecule has 0 aliphatic carbocycles. The van der Waals surface area contributed by atoms with Crippen molar-refractivity contribution in [3.8, 4) is 5.75 Å². The number of esters is 1. The summed E-state index contributed by atoms with van der Waals surface area (Å²) in [6.07, 6.45) is -4.27. The molecule has 1 aliphatic rings. The van der Waals surface area contributed by atoms with Crippen LogP contribution in [0.1, 0.15) is 11.1 Å². The van der Waals surface area contributed by atoms with E-state index in [9.17, 15) is 35.2 Å². The van der Waals surface area contributed by atoms with Crippen LogP contribution in [0.4, 0.5) is 22.0 Å². The SMILES string of the molecule is CS(=O)(=O)c1cc(F)c(C2=C(c3cccc(OC(F)(F)F)c3)C(=O)OC2)cc1F. The minimum Gasteiger partial charge on any atom is -0.457 e. The van der Waals surface area contributed by atoms with Crippen molar-refractivity contribution in [2.75, 3.05) is 12.9 Å². The van der Waals surface area contributed by atoms with Gasteiger partial charge in [-0.15, -0.1) is 13.2 Å². The van der Waals surface area contributed by atoms with E-state index >= 15 is 0 Å². The van der Waals surface area contributed by atoms with Crippen molar-refractivity contribution in [1.29, 1.82) is 0 Å². The first-order valence-corrected chi connectivity index (χ1v) is 9.72. The summed E-state index contributed by atoms with van der Waals surface area (Å²) in [5, 5.41) is 0. The molecule has 11 heteroatoms. The van der Waals surface area contributed by atoms with Gasteiger partial charge >= 0.3 is 12.3 Å². The quantitative estimate of drug-likeness (QED) is 0.542. The zero-order valence-electron chi connectivity index (χ0n) is 14.5. The second-order valence-corrected chi connectivity index (χ2v) is 8.02. The third kappa shape index (κ3) is 4.39. The average Bonchev–Trinajstić information content (AvgIpc) is 2.95. The Labute approximate surface area is 161 Å². The third-order valence-electron chi connectivity index (χ3n) is 3.96. The van der Waals surface area contributed by atoms with Gasteiger partial charge in [0.05, 0.1) is 5.57 Å². The highest BCUT2D eigenvalue weighted by Crippen LogP contribution is 2.37. The fraction of sp³-hybridized carbons (Fsp3) is 0.167. The summed E-state index contributed by atoms with van der Waals surface area (Å²) in [7, 11) is -4.05. The number of benzene rings is 2. The Morgan fingerprint density at radius 1 is 1.07 bits per heavy atom. The predicted octanol–water partition coefficient (Wildman–Crippen LogP) is 3.73. The zero-order chi connectivity index (χ0) is 21.6. The number of carbonyl (C=O) groups is 1. The van der Waals surface area contributed by atoms with Crippen molar-refractivity contribution < 1.29 is 44.6 Å². The summed E-state index contributed by atoms with van der Waals surface area (Å²) in [6, 6.07) is 5.41. The summed E-state index contributed by atoms with van der Waals surface area (Å²) < 4.78 is 97.7. The molecular weight excluding hydrogens is 423 g/mol. The number of cyclic esters (lactones) is 1. The van der Waals surface area contributed by atoms with Crippen molar-refractivity contribution in [2.45, 2.75) is 11.3 Å². The summed E-state index contributed by atoms with van der Waals surface area (Å²) in [5.74, 6) is -3.97. The monoisotopic (exact) mass is 434 g/mol. The highest BCUT2D eigenvalue weighted by molar-refractivity contribution is 7.90. The maximum Gasteiger partial charge on any atom is 0.573 e. The minimum absolute atomic E-state index is 0.0729. The van der Waals surface area contributed by atoms with Gasteiger partial charge < -0.3 is 9.47 Å². The van der Waals surface area contributed by atoms with E-state index in [0.29, 0.717) is 18.4 Å². The van der Waals surface area contributed by atoms with Crippen LogP contribution in [0.2, 0.25) is 0 Å². The van der Waals surface area contributed by atoms with Crippen LogP contribution in [0.3, 0.4) is 0 Å². The van der Waals surface area contributed by atoms with Gasteiger partial charge in [0.2, 0.25) is 0 Å². The summed E-state index contributed by atoms with van der Waals surface area (Å²) >= 11 is 0. The summed E-state index contributed by atoms with van der Waals surface area (Å²) in [6.45, 7) is -0.479. The number of hydrogen-bond donors (Lipinski definition) is 0. The van der Waals surface area contributed by atoms with Crippen molar-refractivity contribution in [3.63, 3.8) is 0 Å². The minimum atomic E-state index is -4.97. The second kappa shape index (κ2) is 7.14. The van der Waals surface area contributed by atoms with Gasteiger partial charge in [-0.3, -0.25) is 0 Å². The normalized spacial score (nSPS) is 14.9. The Balaban J connectivity index is 2.15. The maximum atomic E-state index is 14.5. The molecule has 2 aromatic carbocycles. The molecular formula is C18H11F5O5S. The average molecular weight is 434 g/mol. The Morgan fingerprint density at radius 3 is 2.38 bits per heavy atom. The molecule has 1 heterocycles. The first-order valence-electron chi connectivity index (χ1n) is 7.83. The number of sulfone groups is 1. The van der Waals surface area contributed by atoms with Crippen LogP contribution in [0.25, 0.3) is 11.1 Å². The van der Waals surface area contributed by atoms with E-state index in [4.69, 9.17) is 4.74 Å². The van der Waals surface area contributed by atoms with Gasteiger partial charge in [0.15, 0.2) is 9.84 Å². The number of rotatable bonds is 4. The lowest BCUT2D eigenvalue weighted by molar-refractivity contribution is -0.274. The highest BCUT2D eigenvalue weighted by Gasteiger charge is 2.33. The van der Waals surface area contributed by atoms with Crippen LogP contribution in [0, 0.1) is 11.6 Å². The van der Waals surface area contributed by atoms with Crippen LogP contribution in [-0.4, -0.2) is 33.6 Å². The maximum absolute atomic E-state index is 14.5. The van der Waals surface area contributed by atoms with Crippen molar-refractivity contribution in [1.82, 2.24) is 0 Å². The van der Waals surface area contributed by atoms with Gasteiger partial charge in [0.1, 0.15) is 28.9 Å². The smallest absolute Gasteiger partial charge is 0.457 e. The Bertz CT molecular complexity index is 1140. The van der Waals surface area contributed by atoms with Crippen LogP contribution in [0.5, 0.6) is 5.75 Å². The van der Waals surface area contributed by atoms with E-state index in [1.807, 2.05) is 0 Å². The first-order chi connectivity index (χ1) is 13.4. The summed E-state index contributed by atoms with van der Waals surface area (Å²) in [4.78, 5) is 11.3. The Hall–Kier alpha value is -2.95. The Kier molecular flexibility index (Phi) is 5.11. The van der Waals surface area contributed by atoms with E-state index in [2.05, 4.69) is 4.74 Å². The molecule has 0 saturated carbocycles. The molecule has 0 unspecified atom stereocenters. The lowest BCUT2D eigenvalue weighted by Gasteiger charge is -2.11. The van der Waals surface area contributed by atoms with Crippen LogP contribution in [-0.2, 0) is 19.4 Å².